The largest absolute Gasteiger partial charge is 0.444 e. The maximum Gasteiger partial charge on any atom is 0.444 e. The van der Waals surface area contributed by atoms with Gasteiger partial charge in [-0.3, -0.25) is 9.52 Å². The monoisotopic (exact) mass is 454 g/mol. The summed E-state index contributed by atoms with van der Waals surface area (Å²) in [7, 11) is -3.97. The van der Waals surface area contributed by atoms with E-state index in [2.05, 4.69) is 9.08 Å². The molecule has 1 atom stereocenters. The first-order valence-electron chi connectivity index (χ1n) is 9.01. The topological polar surface area (TPSA) is 84.8 Å². The highest BCUT2D eigenvalue weighted by Crippen LogP contribution is 2.30. The van der Waals surface area contributed by atoms with Gasteiger partial charge in [0.05, 0.1) is 10.5 Å². The third kappa shape index (κ3) is 7.56. The summed E-state index contributed by atoms with van der Waals surface area (Å²) in [6, 6.07) is 11.9. The third-order valence-corrected chi connectivity index (χ3v) is 5.36. The Morgan fingerprint density at radius 1 is 1.00 bits per heavy atom. The zero-order valence-electron chi connectivity index (χ0n) is 17.0. The van der Waals surface area contributed by atoms with E-state index in [1.54, 1.807) is 51.1 Å². The van der Waals surface area contributed by atoms with Crippen molar-refractivity contribution in [2.75, 3.05) is 0 Å². The quantitative estimate of drug-likeness (QED) is 0.643. The lowest BCUT2D eigenvalue weighted by Crippen LogP contribution is -2.31. The van der Waals surface area contributed by atoms with Gasteiger partial charge < -0.3 is 4.74 Å². The van der Waals surface area contributed by atoms with Crippen molar-refractivity contribution in [3.05, 3.63) is 71.8 Å². The predicted octanol–water partition coefficient (Wildman–Crippen LogP) is 5.21. The van der Waals surface area contributed by atoms with Gasteiger partial charge in [0.25, 0.3) is 5.91 Å². The number of alkyl halides is 3. The molecule has 0 bridgehead atoms. The minimum atomic E-state index is -4.61. The van der Waals surface area contributed by atoms with Crippen LogP contribution in [0.4, 0.5) is 18.0 Å². The minimum absolute atomic E-state index is 0.284. The highest BCUT2D eigenvalue weighted by Gasteiger charge is 2.31. The molecule has 166 valence electrons. The smallest absolute Gasteiger partial charge is 0.442 e. The number of ether oxygens (including phenoxy) is 1. The van der Waals surface area contributed by atoms with Crippen LogP contribution < -0.4 is 4.72 Å². The van der Waals surface area contributed by atoms with Gasteiger partial charge in [-0.05, 0) is 56.7 Å². The molecule has 0 aromatic heterocycles. The molecule has 0 saturated heterocycles. The van der Waals surface area contributed by atoms with E-state index in [4.69, 9.17) is 4.74 Å². The maximum absolute atomic E-state index is 13.4. The number of nitrogens with one attached hydrogen (secondary N) is 1. The second-order valence-corrected chi connectivity index (χ2v) is 9.24. The molecule has 0 aliphatic heterocycles. The number of benzene rings is 2. The number of amides is 2. The van der Waals surface area contributed by atoms with E-state index < -0.39 is 39.3 Å². The molecule has 2 aromatic rings. The molecule has 31 heavy (non-hydrogen) atoms. The van der Waals surface area contributed by atoms with Crippen molar-refractivity contribution >= 4 is 28.0 Å². The van der Waals surface area contributed by atoms with E-state index >= 15 is 0 Å². The Morgan fingerprint density at radius 2 is 1.58 bits per heavy atom. The molecule has 6 nitrogen and oxygen atoms in total. The molecule has 2 aromatic carbocycles. The summed E-state index contributed by atoms with van der Waals surface area (Å²) in [6.45, 7) is 4.67. The van der Waals surface area contributed by atoms with Crippen molar-refractivity contribution in [3.63, 3.8) is 0 Å². The zero-order chi connectivity index (χ0) is 23.3. The fourth-order valence-corrected chi connectivity index (χ4v) is 3.62. The van der Waals surface area contributed by atoms with Gasteiger partial charge in [-0.25, -0.2) is 9.00 Å². The molecule has 1 unspecified atom stereocenters. The summed E-state index contributed by atoms with van der Waals surface area (Å²) in [5.41, 5.74) is -1.26. The first-order valence-corrected chi connectivity index (χ1v) is 10.5. The molecule has 0 saturated carbocycles. The third-order valence-electron chi connectivity index (χ3n) is 3.56. The molecule has 0 heterocycles. The number of hydrogen-bond acceptors (Lipinski definition) is 4. The Kier molecular flexibility index (Phi) is 7.27. The summed E-state index contributed by atoms with van der Waals surface area (Å²) in [4.78, 5) is 24.2. The summed E-state index contributed by atoms with van der Waals surface area (Å²) in [5.74, 6) is -0.860. The van der Waals surface area contributed by atoms with Gasteiger partial charge in [0, 0.05) is 6.08 Å². The highest BCUT2D eigenvalue weighted by atomic mass is 32.2. The molecule has 0 radical (unpaired) electrons. The molecule has 0 aliphatic carbocycles. The van der Waals surface area contributed by atoms with Gasteiger partial charge in [-0.15, -0.1) is 4.36 Å². The molecule has 0 aliphatic rings. The van der Waals surface area contributed by atoms with Crippen molar-refractivity contribution in [1.29, 1.82) is 0 Å². The Bertz CT molecular complexity index is 1080. The van der Waals surface area contributed by atoms with Crippen molar-refractivity contribution in [3.8, 4) is 0 Å². The van der Waals surface area contributed by atoms with Crippen molar-refractivity contribution in [2.45, 2.75) is 37.4 Å². The fourth-order valence-electron chi connectivity index (χ4n) is 2.25. The average molecular weight is 454 g/mol. The summed E-state index contributed by atoms with van der Waals surface area (Å²) in [6.07, 6.45) is -3.33. The predicted molar refractivity (Wildman–Crippen MR) is 110 cm³/mol. The normalized spacial score (nSPS) is 14.0. The lowest BCUT2D eigenvalue weighted by molar-refractivity contribution is -0.137. The van der Waals surface area contributed by atoms with Gasteiger partial charge in [0.1, 0.15) is 5.60 Å². The minimum Gasteiger partial charge on any atom is -0.442 e. The van der Waals surface area contributed by atoms with Crippen LogP contribution in [0.25, 0.3) is 6.08 Å². The molecule has 1 N–H and O–H groups in total. The van der Waals surface area contributed by atoms with Gasteiger partial charge in [0.15, 0.2) is 9.92 Å². The Hall–Kier alpha value is -3.14. The Morgan fingerprint density at radius 3 is 2.10 bits per heavy atom. The van der Waals surface area contributed by atoms with E-state index in [9.17, 15) is 27.0 Å². The van der Waals surface area contributed by atoms with Crippen LogP contribution in [0.15, 0.2) is 69.9 Å². The van der Waals surface area contributed by atoms with Crippen LogP contribution in [-0.4, -0.2) is 21.8 Å². The number of rotatable bonds is 4. The Balaban J connectivity index is 2.40. The van der Waals surface area contributed by atoms with E-state index in [1.165, 1.54) is 6.08 Å². The summed E-state index contributed by atoms with van der Waals surface area (Å²) in [5, 5.41) is 0. The van der Waals surface area contributed by atoms with Crippen molar-refractivity contribution < 1.29 is 31.7 Å². The Labute approximate surface area is 178 Å². The van der Waals surface area contributed by atoms with E-state index in [1.807, 2.05) is 0 Å². The van der Waals surface area contributed by atoms with E-state index in [0.29, 0.717) is 17.7 Å². The molecule has 10 heteroatoms. The van der Waals surface area contributed by atoms with Crippen LogP contribution >= 0.6 is 0 Å². The van der Waals surface area contributed by atoms with E-state index in [-0.39, 0.29) is 4.90 Å². The van der Waals surface area contributed by atoms with Crippen LogP contribution in [0, 0.1) is 0 Å². The van der Waals surface area contributed by atoms with Crippen LogP contribution in [0.5, 0.6) is 0 Å². The van der Waals surface area contributed by atoms with Gasteiger partial charge in [-0.1, -0.05) is 30.3 Å². The number of carbonyl (C=O) groups excluding carboxylic acids is 2. The molecular formula is C21H21F3N2O4S. The first-order chi connectivity index (χ1) is 14.3. The van der Waals surface area contributed by atoms with Crippen molar-refractivity contribution in [1.82, 2.24) is 4.72 Å². The van der Waals surface area contributed by atoms with Gasteiger partial charge >= 0.3 is 12.3 Å². The number of hydrogen-bond donors (Lipinski definition) is 1. The standard InChI is InChI=1S/C21H21F3N2O4S/c1-20(2,3)30-19(28)26-31(29,17-12-10-16(11-13-17)21(22,23)24)25-18(27)14-9-15-7-5-4-6-8-15/h4-14H,1-3H3,(H,25,26,27,28,29)/b14-9+. The lowest BCUT2D eigenvalue weighted by Gasteiger charge is -2.18. The lowest BCUT2D eigenvalue weighted by atomic mass is 10.2. The molecule has 0 spiro atoms. The SMILES string of the molecule is CC(C)(C)OC(=O)N=S(=O)(NC(=O)/C=C/c1ccccc1)c1ccc(C(F)(F)F)cc1. The number of halogens is 3. The van der Waals surface area contributed by atoms with Crippen LogP contribution in [0.2, 0.25) is 0 Å². The fraction of sp³-hybridized carbons (Fsp3) is 0.238. The van der Waals surface area contributed by atoms with E-state index in [0.717, 1.165) is 18.2 Å². The number of nitrogens with zero attached hydrogens (tertiary/aromatic N) is 1. The zero-order valence-corrected chi connectivity index (χ0v) is 17.8. The number of carbonyl (C=O) groups is 2. The first kappa shape index (κ1) is 24.1. The maximum atomic E-state index is 13.4. The molecule has 0 fully saturated rings. The average Bonchev–Trinajstić information content (AvgIpc) is 2.65. The molecule has 2 amide bonds. The molecule has 2 rings (SSSR count). The highest BCUT2D eigenvalue weighted by molar-refractivity contribution is 7.92. The second-order valence-electron chi connectivity index (χ2n) is 7.33. The second kappa shape index (κ2) is 9.34. The van der Waals surface area contributed by atoms with Crippen LogP contribution in [0.1, 0.15) is 31.9 Å². The van der Waals surface area contributed by atoms with Gasteiger partial charge in [-0.2, -0.15) is 13.2 Å². The van der Waals surface area contributed by atoms with Crippen LogP contribution in [-0.2, 0) is 25.6 Å². The van der Waals surface area contributed by atoms with Gasteiger partial charge in [0.2, 0.25) is 0 Å². The summed E-state index contributed by atoms with van der Waals surface area (Å²) < 4.78 is 62.4. The molecular weight excluding hydrogens is 433 g/mol. The van der Waals surface area contributed by atoms with Crippen LogP contribution in [0.3, 0.4) is 0 Å². The summed E-state index contributed by atoms with van der Waals surface area (Å²) >= 11 is 0. The van der Waals surface area contributed by atoms with Crippen molar-refractivity contribution in [2.24, 2.45) is 4.36 Å².